The number of nitrogens with zero attached hydrogens (tertiary/aromatic N) is 1. The smallest absolute Gasteiger partial charge is 0.269 e. The molecule has 1 aromatic heterocycles. The lowest BCUT2D eigenvalue weighted by molar-refractivity contribution is 0.0946. The number of nitrogens with one attached hydrogen (secondary N) is 2. The second kappa shape index (κ2) is 7.23. The van der Waals surface area contributed by atoms with Crippen LogP contribution in [-0.4, -0.2) is 21.2 Å². The van der Waals surface area contributed by atoms with Gasteiger partial charge in [0.25, 0.3) is 5.91 Å². The highest BCUT2D eigenvalue weighted by Crippen LogP contribution is 2.18. The van der Waals surface area contributed by atoms with Crippen LogP contribution in [0.15, 0.2) is 48.5 Å². The van der Waals surface area contributed by atoms with Gasteiger partial charge in [-0.15, -0.1) is 0 Å². The van der Waals surface area contributed by atoms with Crippen molar-refractivity contribution < 1.29 is 18.7 Å². The van der Waals surface area contributed by atoms with Crippen LogP contribution in [0.5, 0.6) is 0 Å². The van der Waals surface area contributed by atoms with Crippen LogP contribution in [-0.2, 0) is 13.2 Å². The molecule has 0 aliphatic rings. The predicted molar refractivity (Wildman–Crippen MR) is 87.5 cm³/mol. The lowest BCUT2D eigenvalue weighted by atomic mass is 10.1. The molecule has 1 heterocycles. The van der Waals surface area contributed by atoms with E-state index in [1.807, 2.05) is 0 Å². The third-order valence-corrected chi connectivity index (χ3v) is 3.70. The van der Waals surface area contributed by atoms with Crippen molar-refractivity contribution in [2.24, 2.45) is 0 Å². The molecule has 5 nitrogen and oxygen atoms in total. The van der Waals surface area contributed by atoms with Gasteiger partial charge in [0.15, 0.2) is 0 Å². The molecule has 0 saturated carbocycles. The monoisotopic (exact) mass is 343 g/mol. The van der Waals surface area contributed by atoms with Gasteiger partial charge in [0.1, 0.15) is 17.3 Å². The molecule has 3 rings (SSSR count). The average Bonchev–Trinajstić information content (AvgIpc) is 3.11. The highest BCUT2D eigenvalue weighted by molar-refractivity contribution is 5.93. The van der Waals surface area contributed by atoms with Gasteiger partial charge in [-0.1, -0.05) is 6.07 Å². The van der Waals surface area contributed by atoms with Gasteiger partial charge in [-0.2, -0.15) is 5.10 Å². The highest BCUT2D eigenvalue weighted by atomic mass is 19.1. The van der Waals surface area contributed by atoms with Crippen molar-refractivity contribution in [3.8, 4) is 11.3 Å². The molecule has 0 radical (unpaired) electrons. The molecule has 3 aromatic rings. The fraction of sp³-hybridized carbons (Fsp3) is 0.111. The standard InChI is InChI=1S/C18H15F2N3O2/c19-14-4-2-12(3-5-14)16-8-17(23-22-16)18(25)21-9-11-1-6-15(20)13(7-11)10-24/h1-8,24H,9-10H2,(H,21,25)(H,22,23). The zero-order chi connectivity index (χ0) is 17.8. The number of amides is 1. The molecule has 3 N–H and O–H groups in total. The molecule has 2 aromatic carbocycles. The summed E-state index contributed by atoms with van der Waals surface area (Å²) >= 11 is 0. The van der Waals surface area contributed by atoms with Gasteiger partial charge < -0.3 is 10.4 Å². The zero-order valence-corrected chi connectivity index (χ0v) is 13.1. The molecule has 25 heavy (non-hydrogen) atoms. The van der Waals surface area contributed by atoms with E-state index in [1.54, 1.807) is 18.2 Å². The van der Waals surface area contributed by atoms with Crippen LogP contribution in [0, 0.1) is 11.6 Å². The molecular formula is C18H15F2N3O2. The fourth-order valence-electron chi connectivity index (χ4n) is 2.34. The van der Waals surface area contributed by atoms with Crippen molar-refractivity contribution in [2.45, 2.75) is 13.2 Å². The third kappa shape index (κ3) is 3.89. The SMILES string of the molecule is O=C(NCc1ccc(F)c(CO)c1)c1cc(-c2ccc(F)cc2)n[nH]1. The van der Waals surface area contributed by atoms with Crippen LogP contribution < -0.4 is 5.32 Å². The number of aliphatic hydroxyl groups is 1. The predicted octanol–water partition coefficient (Wildman–Crippen LogP) is 2.78. The van der Waals surface area contributed by atoms with Crippen molar-refractivity contribution in [1.29, 1.82) is 0 Å². The van der Waals surface area contributed by atoms with Crippen molar-refractivity contribution in [3.63, 3.8) is 0 Å². The molecule has 0 bridgehead atoms. The van der Waals surface area contributed by atoms with E-state index in [-0.39, 0.29) is 29.5 Å². The Hall–Kier alpha value is -3.06. The number of carbonyl (C=O) groups excluding carboxylic acids is 1. The van der Waals surface area contributed by atoms with Gasteiger partial charge >= 0.3 is 0 Å². The number of carbonyl (C=O) groups is 1. The van der Waals surface area contributed by atoms with Gasteiger partial charge in [-0.25, -0.2) is 8.78 Å². The molecule has 7 heteroatoms. The topological polar surface area (TPSA) is 78.0 Å². The van der Waals surface area contributed by atoms with Crippen molar-refractivity contribution in [3.05, 3.63) is 77.0 Å². The van der Waals surface area contributed by atoms with E-state index in [4.69, 9.17) is 5.11 Å². The number of H-pyrrole nitrogens is 1. The lowest BCUT2D eigenvalue weighted by Crippen LogP contribution is -2.23. The molecule has 0 unspecified atom stereocenters. The molecule has 0 spiro atoms. The Kier molecular flexibility index (Phi) is 4.85. The first-order chi connectivity index (χ1) is 12.1. The maximum Gasteiger partial charge on any atom is 0.269 e. The Morgan fingerprint density at radius 3 is 2.60 bits per heavy atom. The molecule has 0 saturated heterocycles. The first-order valence-corrected chi connectivity index (χ1v) is 7.54. The van der Waals surface area contributed by atoms with E-state index in [0.717, 1.165) is 0 Å². The third-order valence-electron chi connectivity index (χ3n) is 3.70. The minimum absolute atomic E-state index is 0.173. The minimum Gasteiger partial charge on any atom is -0.392 e. The van der Waals surface area contributed by atoms with Crippen molar-refractivity contribution >= 4 is 5.91 Å². The van der Waals surface area contributed by atoms with E-state index < -0.39 is 12.4 Å². The Bertz CT molecular complexity index is 892. The maximum atomic E-state index is 13.3. The number of rotatable bonds is 5. The van der Waals surface area contributed by atoms with Crippen LogP contribution >= 0.6 is 0 Å². The molecule has 0 fully saturated rings. The van der Waals surface area contributed by atoms with Gasteiger partial charge in [0.05, 0.1) is 12.3 Å². The van der Waals surface area contributed by atoms with Crippen LogP contribution in [0.25, 0.3) is 11.3 Å². The van der Waals surface area contributed by atoms with Gasteiger partial charge in [0.2, 0.25) is 0 Å². The quantitative estimate of drug-likeness (QED) is 0.667. The number of aliphatic hydroxyl groups excluding tert-OH is 1. The van der Waals surface area contributed by atoms with Gasteiger partial charge in [0, 0.05) is 17.7 Å². The largest absolute Gasteiger partial charge is 0.392 e. The number of halogens is 2. The van der Waals surface area contributed by atoms with E-state index in [0.29, 0.717) is 16.8 Å². The maximum absolute atomic E-state index is 13.3. The summed E-state index contributed by atoms with van der Waals surface area (Å²) in [6, 6.07) is 11.6. The summed E-state index contributed by atoms with van der Waals surface area (Å²) in [6.07, 6.45) is 0. The molecule has 0 aliphatic carbocycles. The normalized spacial score (nSPS) is 10.7. The second-order valence-corrected chi connectivity index (χ2v) is 5.44. The summed E-state index contributed by atoms with van der Waals surface area (Å²) in [5.74, 6) is -1.22. The summed E-state index contributed by atoms with van der Waals surface area (Å²) in [7, 11) is 0. The average molecular weight is 343 g/mol. The summed E-state index contributed by atoms with van der Waals surface area (Å²) in [6.45, 7) is -0.230. The summed E-state index contributed by atoms with van der Waals surface area (Å²) < 4.78 is 26.3. The lowest BCUT2D eigenvalue weighted by Gasteiger charge is -2.06. The van der Waals surface area contributed by atoms with Crippen LogP contribution in [0.1, 0.15) is 21.6 Å². The summed E-state index contributed by atoms with van der Waals surface area (Å²) in [5, 5.41) is 18.4. The molecule has 0 atom stereocenters. The van der Waals surface area contributed by atoms with E-state index >= 15 is 0 Å². The molecule has 1 amide bonds. The summed E-state index contributed by atoms with van der Waals surface area (Å²) in [5.41, 5.74) is 2.30. The van der Waals surface area contributed by atoms with E-state index in [1.165, 1.54) is 30.3 Å². The summed E-state index contributed by atoms with van der Waals surface area (Å²) in [4.78, 5) is 12.2. The number of benzene rings is 2. The zero-order valence-electron chi connectivity index (χ0n) is 13.1. The number of hydrogen-bond donors (Lipinski definition) is 3. The van der Waals surface area contributed by atoms with Crippen LogP contribution in [0.3, 0.4) is 0 Å². The van der Waals surface area contributed by atoms with Crippen molar-refractivity contribution in [2.75, 3.05) is 0 Å². The minimum atomic E-state index is -0.491. The van der Waals surface area contributed by atoms with Crippen LogP contribution in [0.4, 0.5) is 8.78 Å². The first kappa shape index (κ1) is 16.8. The number of hydrogen-bond acceptors (Lipinski definition) is 3. The Balaban J connectivity index is 1.67. The van der Waals surface area contributed by atoms with Crippen molar-refractivity contribution in [1.82, 2.24) is 15.5 Å². The molecule has 128 valence electrons. The van der Waals surface area contributed by atoms with Gasteiger partial charge in [-0.05, 0) is 48.0 Å². The fourth-order valence-corrected chi connectivity index (χ4v) is 2.34. The molecule has 0 aliphatic heterocycles. The Labute approximate surface area is 142 Å². The Morgan fingerprint density at radius 1 is 1.12 bits per heavy atom. The van der Waals surface area contributed by atoms with E-state index in [2.05, 4.69) is 15.5 Å². The van der Waals surface area contributed by atoms with Crippen LogP contribution in [0.2, 0.25) is 0 Å². The van der Waals surface area contributed by atoms with Gasteiger partial charge in [-0.3, -0.25) is 9.89 Å². The number of aromatic nitrogens is 2. The Morgan fingerprint density at radius 2 is 1.88 bits per heavy atom. The highest BCUT2D eigenvalue weighted by Gasteiger charge is 2.11. The first-order valence-electron chi connectivity index (χ1n) is 7.54. The number of aromatic amines is 1. The van der Waals surface area contributed by atoms with E-state index in [9.17, 15) is 13.6 Å². The second-order valence-electron chi connectivity index (χ2n) is 5.44. The molecular weight excluding hydrogens is 328 g/mol.